The average molecular weight is 382 g/mol. The van der Waals surface area contributed by atoms with Gasteiger partial charge in [0.25, 0.3) is 11.8 Å². The molecule has 2 aromatic carbocycles. The molecule has 0 saturated carbocycles. The van der Waals surface area contributed by atoms with Crippen LogP contribution in [0.3, 0.4) is 0 Å². The molecule has 6 nitrogen and oxygen atoms in total. The van der Waals surface area contributed by atoms with Crippen molar-refractivity contribution in [1.82, 2.24) is 5.32 Å². The number of carbonyl (C=O) groups excluding carboxylic acids is 3. The number of ether oxygens (including phenoxy) is 1. The van der Waals surface area contributed by atoms with E-state index in [2.05, 4.69) is 17.6 Å². The first-order chi connectivity index (χ1) is 13.5. The lowest BCUT2D eigenvalue weighted by Gasteiger charge is -2.08. The van der Waals surface area contributed by atoms with E-state index >= 15 is 0 Å². The molecule has 0 fully saturated rings. The lowest BCUT2D eigenvalue weighted by atomic mass is 10.1. The largest absolute Gasteiger partial charge is 0.462 e. The minimum Gasteiger partial charge on any atom is -0.462 e. The van der Waals surface area contributed by atoms with Crippen LogP contribution in [0.2, 0.25) is 0 Å². The number of benzene rings is 2. The SMILES string of the molecule is CCCCCNC(=O)c1ccc(C(=O)Nc2ccc(C(=O)OCC)cc2)cc1. The summed E-state index contributed by atoms with van der Waals surface area (Å²) in [6, 6.07) is 13.0. The number of hydrogen-bond donors (Lipinski definition) is 2. The van der Waals surface area contributed by atoms with Crippen LogP contribution in [-0.4, -0.2) is 30.9 Å². The van der Waals surface area contributed by atoms with Crippen molar-refractivity contribution in [3.05, 3.63) is 65.2 Å². The van der Waals surface area contributed by atoms with Crippen LogP contribution in [0.1, 0.15) is 64.2 Å². The quantitative estimate of drug-likeness (QED) is 0.506. The van der Waals surface area contributed by atoms with Gasteiger partial charge < -0.3 is 15.4 Å². The minimum absolute atomic E-state index is 0.141. The number of nitrogens with one attached hydrogen (secondary N) is 2. The van der Waals surface area contributed by atoms with Gasteiger partial charge >= 0.3 is 5.97 Å². The predicted octanol–water partition coefficient (Wildman–Crippen LogP) is 4.04. The third-order valence-electron chi connectivity index (χ3n) is 4.13. The van der Waals surface area contributed by atoms with Crippen LogP contribution in [0.5, 0.6) is 0 Å². The van der Waals surface area contributed by atoms with Crippen molar-refractivity contribution in [2.45, 2.75) is 33.1 Å². The summed E-state index contributed by atoms with van der Waals surface area (Å²) in [4.78, 5) is 36.1. The molecule has 0 heterocycles. The van der Waals surface area contributed by atoms with Gasteiger partial charge in [-0.2, -0.15) is 0 Å². The van der Waals surface area contributed by atoms with Crippen molar-refractivity contribution in [2.75, 3.05) is 18.5 Å². The fourth-order valence-corrected chi connectivity index (χ4v) is 2.56. The highest BCUT2D eigenvalue weighted by Gasteiger charge is 2.10. The van der Waals surface area contributed by atoms with E-state index < -0.39 is 5.97 Å². The number of anilines is 1. The summed E-state index contributed by atoms with van der Waals surface area (Å²) in [5.74, 6) is -0.833. The van der Waals surface area contributed by atoms with E-state index in [4.69, 9.17) is 4.74 Å². The van der Waals surface area contributed by atoms with E-state index in [1.165, 1.54) is 0 Å². The molecule has 0 saturated heterocycles. The molecule has 28 heavy (non-hydrogen) atoms. The molecule has 0 aromatic heterocycles. The third-order valence-corrected chi connectivity index (χ3v) is 4.13. The molecule has 2 amide bonds. The highest BCUT2D eigenvalue weighted by molar-refractivity contribution is 6.05. The molecule has 0 aliphatic carbocycles. The Hall–Kier alpha value is -3.15. The van der Waals surface area contributed by atoms with E-state index in [9.17, 15) is 14.4 Å². The number of hydrogen-bond acceptors (Lipinski definition) is 4. The maximum Gasteiger partial charge on any atom is 0.338 e. The number of esters is 1. The zero-order valence-corrected chi connectivity index (χ0v) is 16.3. The van der Waals surface area contributed by atoms with E-state index in [1.807, 2.05) is 0 Å². The monoisotopic (exact) mass is 382 g/mol. The summed E-state index contributed by atoms with van der Waals surface area (Å²) in [6.07, 6.45) is 3.14. The predicted molar refractivity (Wildman–Crippen MR) is 109 cm³/mol. The van der Waals surface area contributed by atoms with Gasteiger partial charge in [-0.05, 0) is 61.9 Å². The Morgan fingerprint density at radius 2 is 1.36 bits per heavy atom. The summed E-state index contributed by atoms with van der Waals surface area (Å²) in [5, 5.41) is 5.63. The Bertz CT molecular complexity index is 798. The first-order valence-electron chi connectivity index (χ1n) is 9.52. The van der Waals surface area contributed by atoms with Crippen LogP contribution in [0.15, 0.2) is 48.5 Å². The summed E-state index contributed by atoms with van der Waals surface area (Å²) in [7, 11) is 0. The van der Waals surface area contributed by atoms with Gasteiger partial charge in [0.05, 0.1) is 12.2 Å². The Morgan fingerprint density at radius 3 is 1.93 bits per heavy atom. The number of amides is 2. The standard InChI is InChI=1S/C22H26N2O4/c1-3-5-6-15-23-20(25)16-7-9-17(10-8-16)21(26)24-19-13-11-18(12-14-19)22(27)28-4-2/h7-14H,3-6,15H2,1-2H3,(H,23,25)(H,24,26). The van der Waals surface area contributed by atoms with Crippen molar-refractivity contribution in [2.24, 2.45) is 0 Å². The van der Waals surface area contributed by atoms with Crippen LogP contribution in [0, 0.1) is 0 Å². The van der Waals surface area contributed by atoms with Crippen LogP contribution >= 0.6 is 0 Å². The van der Waals surface area contributed by atoms with E-state index in [1.54, 1.807) is 55.5 Å². The molecule has 0 aliphatic heterocycles. The Kier molecular flexibility index (Phi) is 8.21. The first-order valence-corrected chi connectivity index (χ1v) is 9.52. The Morgan fingerprint density at radius 1 is 0.786 bits per heavy atom. The minimum atomic E-state index is -0.399. The summed E-state index contributed by atoms with van der Waals surface area (Å²) >= 11 is 0. The summed E-state index contributed by atoms with van der Waals surface area (Å²) in [5.41, 5.74) is 1.95. The number of carbonyl (C=O) groups is 3. The zero-order valence-electron chi connectivity index (χ0n) is 16.3. The molecule has 0 atom stereocenters. The van der Waals surface area contributed by atoms with Gasteiger partial charge in [-0.1, -0.05) is 19.8 Å². The molecular formula is C22H26N2O4. The summed E-state index contributed by atoms with van der Waals surface area (Å²) in [6.45, 7) is 4.81. The molecular weight excluding hydrogens is 356 g/mol. The maximum atomic E-state index is 12.4. The summed E-state index contributed by atoms with van der Waals surface area (Å²) < 4.78 is 4.93. The highest BCUT2D eigenvalue weighted by Crippen LogP contribution is 2.13. The number of rotatable bonds is 9. The van der Waals surface area contributed by atoms with Gasteiger partial charge in [-0.15, -0.1) is 0 Å². The maximum absolute atomic E-state index is 12.4. The van der Waals surface area contributed by atoms with E-state index in [0.29, 0.717) is 35.5 Å². The van der Waals surface area contributed by atoms with Crippen molar-refractivity contribution < 1.29 is 19.1 Å². The van der Waals surface area contributed by atoms with Crippen LogP contribution in [-0.2, 0) is 4.74 Å². The normalized spacial score (nSPS) is 10.2. The molecule has 0 radical (unpaired) electrons. The van der Waals surface area contributed by atoms with Crippen LogP contribution < -0.4 is 10.6 Å². The lowest BCUT2D eigenvalue weighted by Crippen LogP contribution is -2.24. The van der Waals surface area contributed by atoms with E-state index in [0.717, 1.165) is 19.3 Å². The van der Waals surface area contributed by atoms with Crippen LogP contribution in [0.4, 0.5) is 5.69 Å². The molecule has 6 heteroatoms. The van der Waals surface area contributed by atoms with Crippen molar-refractivity contribution in [3.63, 3.8) is 0 Å². The second-order valence-electron chi connectivity index (χ2n) is 6.29. The molecule has 0 spiro atoms. The van der Waals surface area contributed by atoms with Gasteiger partial charge in [0.2, 0.25) is 0 Å². The van der Waals surface area contributed by atoms with Crippen molar-refractivity contribution in [3.8, 4) is 0 Å². The Labute approximate surface area is 165 Å². The van der Waals surface area contributed by atoms with Gasteiger partial charge in [0.15, 0.2) is 0 Å². The third kappa shape index (κ3) is 6.23. The second kappa shape index (κ2) is 10.9. The van der Waals surface area contributed by atoms with Crippen LogP contribution in [0.25, 0.3) is 0 Å². The Balaban J connectivity index is 1.92. The molecule has 2 rings (SSSR count). The smallest absolute Gasteiger partial charge is 0.338 e. The molecule has 2 aromatic rings. The zero-order chi connectivity index (χ0) is 20.4. The molecule has 0 unspecified atom stereocenters. The second-order valence-corrected chi connectivity index (χ2v) is 6.29. The molecule has 0 bridgehead atoms. The van der Waals surface area contributed by atoms with Gasteiger partial charge in [-0.3, -0.25) is 9.59 Å². The highest BCUT2D eigenvalue weighted by atomic mass is 16.5. The van der Waals surface area contributed by atoms with Gasteiger partial charge in [0, 0.05) is 23.4 Å². The van der Waals surface area contributed by atoms with E-state index in [-0.39, 0.29) is 11.8 Å². The average Bonchev–Trinajstić information content (AvgIpc) is 2.72. The first kappa shape index (κ1) is 21.2. The van der Waals surface area contributed by atoms with Crippen molar-refractivity contribution in [1.29, 1.82) is 0 Å². The van der Waals surface area contributed by atoms with Gasteiger partial charge in [-0.25, -0.2) is 4.79 Å². The fourth-order valence-electron chi connectivity index (χ4n) is 2.56. The molecule has 2 N–H and O–H groups in total. The lowest BCUT2D eigenvalue weighted by molar-refractivity contribution is 0.0526. The molecule has 0 aliphatic rings. The van der Waals surface area contributed by atoms with Crippen molar-refractivity contribution >= 4 is 23.5 Å². The topological polar surface area (TPSA) is 84.5 Å². The fraction of sp³-hybridized carbons (Fsp3) is 0.318. The molecule has 148 valence electrons. The van der Waals surface area contributed by atoms with Gasteiger partial charge in [0.1, 0.15) is 0 Å². The number of unbranched alkanes of at least 4 members (excludes halogenated alkanes) is 2.